The van der Waals surface area contributed by atoms with E-state index in [1.807, 2.05) is 6.92 Å². The van der Waals surface area contributed by atoms with Crippen molar-refractivity contribution in [3.63, 3.8) is 0 Å². The van der Waals surface area contributed by atoms with Crippen LogP contribution >= 0.6 is 0 Å². The maximum absolute atomic E-state index is 12.0. The van der Waals surface area contributed by atoms with E-state index in [-0.39, 0.29) is 17.9 Å². The summed E-state index contributed by atoms with van der Waals surface area (Å²) in [6, 6.07) is 6.33. The molecule has 2 aromatic rings. The van der Waals surface area contributed by atoms with Crippen LogP contribution in [0.1, 0.15) is 22.8 Å². The minimum atomic E-state index is -0.397. The molecule has 0 bridgehead atoms. The number of nitrogens with one attached hydrogen (secondary N) is 1. The molecule has 0 unspecified atom stereocenters. The minimum Gasteiger partial charge on any atom is -0.506 e. The number of pyridine rings is 1. The van der Waals surface area contributed by atoms with Crippen molar-refractivity contribution in [2.24, 2.45) is 0 Å². The van der Waals surface area contributed by atoms with E-state index in [1.54, 1.807) is 18.2 Å². The Bertz CT molecular complexity index is 643. The fraction of sp³-hybridized carbons (Fsp3) is 0.200. The molecular weight excluding hydrogens is 272 g/mol. The maximum atomic E-state index is 12.0. The first-order chi connectivity index (χ1) is 10.1. The van der Waals surface area contributed by atoms with Crippen molar-refractivity contribution in [3.8, 4) is 11.5 Å². The number of ether oxygens (including phenoxy) is 1. The second kappa shape index (κ2) is 6.71. The number of hydrogen-bond donors (Lipinski definition) is 3. The number of nitrogens with zero attached hydrogens (tertiary/aromatic N) is 1. The number of aliphatic hydroxyl groups excluding tert-OH is 1. The van der Waals surface area contributed by atoms with Gasteiger partial charge in [-0.2, -0.15) is 0 Å². The predicted octanol–water partition coefficient (Wildman–Crippen LogP) is 1.93. The molecule has 2 rings (SSSR count). The van der Waals surface area contributed by atoms with Crippen LogP contribution in [-0.2, 0) is 6.61 Å². The fourth-order valence-corrected chi connectivity index (χ4v) is 1.83. The Labute approximate surface area is 122 Å². The van der Waals surface area contributed by atoms with Gasteiger partial charge in [0.2, 0.25) is 0 Å². The number of aliphatic hydroxyl groups is 1. The molecule has 0 radical (unpaired) electrons. The number of hydrogen-bond acceptors (Lipinski definition) is 5. The van der Waals surface area contributed by atoms with Gasteiger partial charge in [0.1, 0.15) is 11.5 Å². The number of aromatic nitrogens is 1. The van der Waals surface area contributed by atoms with Crippen molar-refractivity contribution >= 4 is 11.6 Å². The predicted molar refractivity (Wildman–Crippen MR) is 77.4 cm³/mol. The van der Waals surface area contributed by atoms with Crippen LogP contribution in [0.5, 0.6) is 11.5 Å². The van der Waals surface area contributed by atoms with Crippen LogP contribution in [0.2, 0.25) is 0 Å². The maximum Gasteiger partial charge on any atom is 0.257 e. The lowest BCUT2D eigenvalue weighted by Gasteiger charge is -2.11. The largest absolute Gasteiger partial charge is 0.506 e. The lowest BCUT2D eigenvalue weighted by atomic mass is 10.1. The van der Waals surface area contributed by atoms with Gasteiger partial charge in [-0.15, -0.1) is 0 Å². The van der Waals surface area contributed by atoms with E-state index >= 15 is 0 Å². The summed E-state index contributed by atoms with van der Waals surface area (Å²) in [5, 5.41) is 21.3. The van der Waals surface area contributed by atoms with Gasteiger partial charge in [0.15, 0.2) is 0 Å². The molecule has 0 atom stereocenters. The Hall–Kier alpha value is -2.60. The van der Waals surface area contributed by atoms with Crippen molar-refractivity contribution in [2.45, 2.75) is 13.5 Å². The van der Waals surface area contributed by atoms with Gasteiger partial charge < -0.3 is 20.3 Å². The SMILES string of the molecule is CCOc1ccc(NC(=O)c2cncc(O)c2)cc1CO. The third-order valence-electron chi connectivity index (χ3n) is 2.77. The molecule has 0 saturated carbocycles. The van der Waals surface area contributed by atoms with Gasteiger partial charge in [-0.25, -0.2) is 0 Å². The van der Waals surface area contributed by atoms with Gasteiger partial charge in [-0.05, 0) is 31.2 Å². The van der Waals surface area contributed by atoms with Crippen molar-refractivity contribution < 1.29 is 19.7 Å². The highest BCUT2D eigenvalue weighted by Crippen LogP contribution is 2.23. The zero-order chi connectivity index (χ0) is 15.2. The van der Waals surface area contributed by atoms with Gasteiger partial charge in [0.25, 0.3) is 5.91 Å². The minimum absolute atomic E-state index is 0.0783. The topological polar surface area (TPSA) is 91.7 Å². The zero-order valence-electron chi connectivity index (χ0n) is 11.5. The van der Waals surface area contributed by atoms with Gasteiger partial charge in [-0.3, -0.25) is 9.78 Å². The van der Waals surface area contributed by atoms with Crippen LogP contribution in [0, 0.1) is 0 Å². The number of aromatic hydroxyl groups is 1. The first kappa shape index (κ1) is 14.8. The molecule has 1 aromatic heterocycles. The Morgan fingerprint density at radius 1 is 1.33 bits per heavy atom. The van der Waals surface area contributed by atoms with Gasteiger partial charge >= 0.3 is 0 Å². The van der Waals surface area contributed by atoms with E-state index in [0.29, 0.717) is 23.6 Å². The molecule has 0 aliphatic rings. The Kier molecular flexibility index (Phi) is 4.73. The average molecular weight is 288 g/mol. The van der Waals surface area contributed by atoms with Crippen molar-refractivity contribution in [1.82, 2.24) is 4.98 Å². The first-order valence-electron chi connectivity index (χ1n) is 6.46. The third-order valence-corrected chi connectivity index (χ3v) is 2.77. The number of benzene rings is 1. The zero-order valence-corrected chi connectivity index (χ0v) is 11.5. The molecule has 1 aromatic carbocycles. The van der Waals surface area contributed by atoms with Crippen LogP contribution < -0.4 is 10.1 Å². The summed E-state index contributed by atoms with van der Waals surface area (Å²) in [5.74, 6) is 0.105. The number of carbonyl (C=O) groups is 1. The summed E-state index contributed by atoms with van der Waals surface area (Å²) in [7, 11) is 0. The lowest BCUT2D eigenvalue weighted by Crippen LogP contribution is -2.12. The second-order valence-corrected chi connectivity index (χ2v) is 4.30. The molecule has 6 heteroatoms. The standard InChI is InChI=1S/C15H16N2O4/c1-2-21-14-4-3-12(5-11(14)9-18)17-15(20)10-6-13(19)8-16-7-10/h3-8,18-19H,2,9H2,1H3,(H,17,20). The summed E-state index contributed by atoms with van der Waals surface area (Å²) in [6.45, 7) is 2.16. The van der Waals surface area contributed by atoms with Crippen LogP contribution in [0.25, 0.3) is 0 Å². The van der Waals surface area contributed by atoms with E-state index in [0.717, 1.165) is 0 Å². The summed E-state index contributed by atoms with van der Waals surface area (Å²) in [5.41, 5.74) is 1.36. The molecule has 110 valence electrons. The molecular formula is C15H16N2O4. The molecule has 0 aliphatic carbocycles. The highest BCUT2D eigenvalue weighted by Gasteiger charge is 2.09. The Morgan fingerprint density at radius 3 is 2.81 bits per heavy atom. The van der Waals surface area contributed by atoms with E-state index in [4.69, 9.17) is 4.74 Å². The molecule has 1 amide bonds. The summed E-state index contributed by atoms with van der Waals surface area (Å²) < 4.78 is 5.37. The first-order valence-corrected chi connectivity index (χ1v) is 6.46. The molecule has 21 heavy (non-hydrogen) atoms. The molecule has 0 spiro atoms. The molecule has 3 N–H and O–H groups in total. The van der Waals surface area contributed by atoms with Gasteiger partial charge in [-0.1, -0.05) is 0 Å². The third kappa shape index (κ3) is 3.70. The summed E-state index contributed by atoms with van der Waals surface area (Å²) in [6.07, 6.45) is 2.61. The monoisotopic (exact) mass is 288 g/mol. The second-order valence-electron chi connectivity index (χ2n) is 4.30. The van der Waals surface area contributed by atoms with E-state index < -0.39 is 5.91 Å². The fourth-order valence-electron chi connectivity index (χ4n) is 1.83. The smallest absolute Gasteiger partial charge is 0.257 e. The van der Waals surface area contributed by atoms with E-state index in [2.05, 4.69) is 10.3 Å². The van der Waals surface area contributed by atoms with E-state index in [1.165, 1.54) is 18.5 Å². The van der Waals surface area contributed by atoms with Crippen molar-refractivity contribution in [2.75, 3.05) is 11.9 Å². The van der Waals surface area contributed by atoms with Crippen LogP contribution in [0.15, 0.2) is 36.7 Å². The van der Waals surface area contributed by atoms with Crippen LogP contribution in [-0.4, -0.2) is 27.7 Å². The Morgan fingerprint density at radius 2 is 2.14 bits per heavy atom. The van der Waals surface area contributed by atoms with Crippen LogP contribution in [0.4, 0.5) is 5.69 Å². The highest BCUT2D eigenvalue weighted by atomic mass is 16.5. The number of rotatable bonds is 5. The summed E-state index contributed by atoms with van der Waals surface area (Å²) in [4.78, 5) is 15.8. The molecule has 0 aliphatic heterocycles. The molecule has 1 heterocycles. The summed E-state index contributed by atoms with van der Waals surface area (Å²) >= 11 is 0. The lowest BCUT2D eigenvalue weighted by molar-refractivity contribution is 0.102. The number of carbonyl (C=O) groups excluding carboxylic acids is 1. The van der Waals surface area contributed by atoms with Gasteiger partial charge in [0, 0.05) is 17.4 Å². The van der Waals surface area contributed by atoms with Gasteiger partial charge in [0.05, 0.1) is 25.0 Å². The van der Waals surface area contributed by atoms with Crippen LogP contribution in [0.3, 0.4) is 0 Å². The Balaban J connectivity index is 2.17. The van der Waals surface area contributed by atoms with Crippen molar-refractivity contribution in [3.05, 3.63) is 47.8 Å². The number of anilines is 1. The van der Waals surface area contributed by atoms with E-state index in [9.17, 15) is 15.0 Å². The number of amides is 1. The quantitative estimate of drug-likeness (QED) is 0.782. The van der Waals surface area contributed by atoms with Crippen molar-refractivity contribution in [1.29, 1.82) is 0 Å². The molecule has 0 saturated heterocycles. The molecule has 0 fully saturated rings. The normalized spacial score (nSPS) is 10.2. The average Bonchev–Trinajstić information content (AvgIpc) is 2.49. The highest BCUT2D eigenvalue weighted by molar-refractivity contribution is 6.04. The molecule has 6 nitrogen and oxygen atoms in total.